The van der Waals surface area contributed by atoms with Crippen LogP contribution in [-0.2, 0) is 0 Å². The summed E-state index contributed by atoms with van der Waals surface area (Å²) >= 11 is 0. The fraction of sp³-hybridized carbons (Fsp3) is 0. The molecule has 0 atom stereocenters. The zero-order chi connectivity index (χ0) is 12.4. The number of carboxylic acids is 1. The van der Waals surface area contributed by atoms with E-state index in [0.29, 0.717) is 16.9 Å². The molecule has 0 heterocycles. The summed E-state index contributed by atoms with van der Waals surface area (Å²) in [6.45, 7) is 0. The Morgan fingerprint density at radius 3 is 2.22 bits per heavy atom. The first kappa shape index (κ1) is 15.2. The van der Waals surface area contributed by atoms with Crippen molar-refractivity contribution >= 4 is 68.7 Å². The van der Waals surface area contributed by atoms with Crippen molar-refractivity contribution < 1.29 is 9.90 Å². The van der Waals surface area contributed by atoms with E-state index in [1.165, 1.54) is 6.07 Å². The van der Waals surface area contributed by atoms with Crippen molar-refractivity contribution in [2.45, 2.75) is 0 Å². The normalized spacial score (nSPS) is 9.56. The van der Waals surface area contributed by atoms with Crippen LogP contribution in [0.2, 0.25) is 0 Å². The molecule has 2 aromatic rings. The van der Waals surface area contributed by atoms with Gasteiger partial charge in [-0.1, -0.05) is 30.3 Å². The SMILES string of the molecule is Nc1cc(N)c(-c2ccccc2)c(C(=O)O)c1.[KH]. The predicted octanol–water partition coefficient (Wildman–Crippen LogP) is 1.57. The van der Waals surface area contributed by atoms with Crippen LogP contribution in [0.1, 0.15) is 10.4 Å². The number of anilines is 2. The van der Waals surface area contributed by atoms with Gasteiger partial charge in [-0.05, 0) is 17.7 Å². The Morgan fingerprint density at radius 1 is 1.06 bits per heavy atom. The van der Waals surface area contributed by atoms with Gasteiger partial charge in [0.25, 0.3) is 0 Å². The molecule has 2 rings (SSSR count). The maximum atomic E-state index is 11.2. The summed E-state index contributed by atoms with van der Waals surface area (Å²) in [5.74, 6) is -1.04. The van der Waals surface area contributed by atoms with Crippen LogP contribution in [0.3, 0.4) is 0 Å². The molecule has 0 amide bonds. The molecule has 0 fully saturated rings. The third-order valence-electron chi connectivity index (χ3n) is 2.48. The third-order valence-corrected chi connectivity index (χ3v) is 2.48. The molecule has 0 saturated carbocycles. The molecule has 2 aromatic carbocycles. The predicted molar refractivity (Wildman–Crippen MR) is 74.8 cm³/mol. The van der Waals surface area contributed by atoms with Gasteiger partial charge in [-0.2, -0.15) is 0 Å². The van der Waals surface area contributed by atoms with Crippen LogP contribution in [0.5, 0.6) is 0 Å². The van der Waals surface area contributed by atoms with E-state index >= 15 is 0 Å². The van der Waals surface area contributed by atoms with Gasteiger partial charge in [0, 0.05) is 16.9 Å². The van der Waals surface area contributed by atoms with E-state index in [1.54, 1.807) is 6.07 Å². The van der Waals surface area contributed by atoms with Crippen molar-refractivity contribution in [3.63, 3.8) is 0 Å². The quantitative estimate of drug-likeness (QED) is 0.569. The van der Waals surface area contributed by atoms with E-state index in [-0.39, 0.29) is 56.9 Å². The fourth-order valence-corrected chi connectivity index (χ4v) is 1.78. The number of carbonyl (C=O) groups is 1. The molecule has 5 N–H and O–H groups in total. The Balaban J connectivity index is 0.00000162. The van der Waals surface area contributed by atoms with E-state index in [9.17, 15) is 4.79 Å². The minimum absolute atomic E-state index is 0. The van der Waals surface area contributed by atoms with Gasteiger partial charge >= 0.3 is 57.4 Å². The fourth-order valence-electron chi connectivity index (χ4n) is 1.78. The van der Waals surface area contributed by atoms with E-state index in [4.69, 9.17) is 16.6 Å². The van der Waals surface area contributed by atoms with Crippen LogP contribution >= 0.6 is 0 Å². The summed E-state index contributed by atoms with van der Waals surface area (Å²) in [7, 11) is 0. The van der Waals surface area contributed by atoms with Crippen LogP contribution < -0.4 is 11.5 Å². The number of carboxylic acid groups (broad SMARTS) is 1. The number of nitrogens with two attached hydrogens (primary N) is 2. The van der Waals surface area contributed by atoms with Crippen LogP contribution in [0.25, 0.3) is 11.1 Å². The van der Waals surface area contributed by atoms with Gasteiger partial charge in [-0.15, -0.1) is 0 Å². The molecule has 0 aliphatic rings. The standard InChI is InChI=1S/C13H12N2O2.K.H/c14-9-6-10(13(16)17)12(11(15)7-9)8-4-2-1-3-5-8;;/h1-7H,14-15H2,(H,16,17);;. The van der Waals surface area contributed by atoms with Crippen molar-refractivity contribution in [3.05, 3.63) is 48.0 Å². The topological polar surface area (TPSA) is 89.3 Å². The molecule has 0 unspecified atom stereocenters. The van der Waals surface area contributed by atoms with Gasteiger partial charge in [0.1, 0.15) is 0 Å². The summed E-state index contributed by atoms with van der Waals surface area (Å²) in [4.78, 5) is 11.2. The minimum atomic E-state index is -1.04. The molecule has 0 aliphatic carbocycles. The zero-order valence-electron chi connectivity index (χ0n) is 9.05. The number of aromatic carboxylic acids is 1. The first-order valence-electron chi connectivity index (χ1n) is 5.07. The summed E-state index contributed by atoms with van der Waals surface area (Å²) in [6, 6.07) is 12.1. The maximum absolute atomic E-state index is 11.2. The van der Waals surface area contributed by atoms with Gasteiger partial charge in [0.2, 0.25) is 0 Å². The molecule has 0 bridgehead atoms. The molecular weight excluding hydrogens is 255 g/mol. The van der Waals surface area contributed by atoms with Gasteiger partial charge in [0.05, 0.1) is 5.56 Å². The number of benzene rings is 2. The molecule has 5 heteroatoms. The zero-order valence-corrected chi connectivity index (χ0v) is 9.05. The van der Waals surface area contributed by atoms with Crippen LogP contribution in [0.4, 0.5) is 11.4 Å². The second-order valence-electron chi connectivity index (χ2n) is 3.70. The molecule has 4 nitrogen and oxygen atoms in total. The summed E-state index contributed by atoms with van der Waals surface area (Å²) in [5, 5.41) is 9.16. The molecule has 0 radical (unpaired) electrons. The number of rotatable bonds is 2. The number of hydrogen-bond donors (Lipinski definition) is 3. The summed E-state index contributed by atoms with van der Waals surface area (Å²) in [6.07, 6.45) is 0. The molecular formula is C13H13KN2O2. The molecule has 18 heavy (non-hydrogen) atoms. The summed E-state index contributed by atoms with van der Waals surface area (Å²) < 4.78 is 0. The third kappa shape index (κ3) is 3.12. The average molecular weight is 268 g/mol. The van der Waals surface area contributed by atoms with Gasteiger partial charge in [-0.3, -0.25) is 0 Å². The number of nitrogen functional groups attached to an aromatic ring is 2. The van der Waals surface area contributed by atoms with E-state index in [1.807, 2.05) is 30.3 Å². The van der Waals surface area contributed by atoms with Crippen molar-refractivity contribution in [2.24, 2.45) is 0 Å². The second kappa shape index (κ2) is 6.35. The molecule has 0 aliphatic heterocycles. The Kier molecular flexibility index (Phi) is 5.37. The van der Waals surface area contributed by atoms with Gasteiger partial charge < -0.3 is 16.6 Å². The van der Waals surface area contributed by atoms with Crippen molar-refractivity contribution in [2.75, 3.05) is 11.5 Å². The Bertz CT molecular complexity index is 571. The second-order valence-corrected chi connectivity index (χ2v) is 3.70. The van der Waals surface area contributed by atoms with Crippen molar-refractivity contribution in [3.8, 4) is 11.1 Å². The number of hydrogen-bond acceptors (Lipinski definition) is 3. The van der Waals surface area contributed by atoms with Crippen molar-refractivity contribution in [1.29, 1.82) is 0 Å². The van der Waals surface area contributed by atoms with Gasteiger partial charge in [-0.25, -0.2) is 4.79 Å². The first-order valence-corrected chi connectivity index (χ1v) is 5.07. The van der Waals surface area contributed by atoms with Crippen LogP contribution in [0.15, 0.2) is 42.5 Å². The Hall–Kier alpha value is -0.854. The summed E-state index contributed by atoms with van der Waals surface area (Å²) in [5.41, 5.74) is 13.6. The van der Waals surface area contributed by atoms with Crippen LogP contribution in [0, 0.1) is 0 Å². The first-order chi connectivity index (χ1) is 8.09. The Labute approximate surface area is 147 Å². The van der Waals surface area contributed by atoms with E-state index in [2.05, 4.69) is 0 Å². The van der Waals surface area contributed by atoms with E-state index < -0.39 is 5.97 Å². The molecule has 0 spiro atoms. The average Bonchev–Trinajstić information content (AvgIpc) is 2.29. The van der Waals surface area contributed by atoms with Crippen LogP contribution in [-0.4, -0.2) is 62.5 Å². The monoisotopic (exact) mass is 268 g/mol. The molecule has 0 aromatic heterocycles. The molecule has 88 valence electrons. The Morgan fingerprint density at radius 2 is 1.67 bits per heavy atom. The van der Waals surface area contributed by atoms with Crippen molar-refractivity contribution in [1.82, 2.24) is 0 Å². The van der Waals surface area contributed by atoms with E-state index in [0.717, 1.165) is 5.56 Å². The van der Waals surface area contributed by atoms with Gasteiger partial charge in [0.15, 0.2) is 0 Å². The molecule has 0 saturated heterocycles.